The summed E-state index contributed by atoms with van der Waals surface area (Å²) in [7, 11) is 0. The van der Waals surface area contributed by atoms with Crippen molar-refractivity contribution in [1.82, 2.24) is 0 Å². The van der Waals surface area contributed by atoms with E-state index in [4.69, 9.17) is 0 Å². The first-order chi connectivity index (χ1) is 20.9. The molecular weight excluding hydrogens is 504 g/mol. The summed E-state index contributed by atoms with van der Waals surface area (Å²) in [4.78, 5) is 0. The molecule has 0 aliphatic carbocycles. The van der Waals surface area contributed by atoms with Gasteiger partial charge in [0, 0.05) is 0 Å². The van der Waals surface area contributed by atoms with Crippen molar-refractivity contribution < 1.29 is 0 Å². The molecule has 42 heavy (non-hydrogen) atoms. The van der Waals surface area contributed by atoms with Crippen LogP contribution in [0.1, 0.15) is 0 Å². The van der Waals surface area contributed by atoms with Crippen molar-refractivity contribution in [3.8, 4) is 44.5 Å². The summed E-state index contributed by atoms with van der Waals surface area (Å²) >= 11 is 0. The fourth-order valence-corrected chi connectivity index (χ4v) is 6.58. The number of rotatable bonds is 4. The molecule has 0 saturated carbocycles. The van der Waals surface area contributed by atoms with Gasteiger partial charge in [0.05, 0.1) is 0 Å². The molecule has 0 unspecified atom stereocenters. The second-order valence-electron chi connectivity index (χ2n) is 10.9. The predicted molar refractivity (Wildman–Crippen MR) is 181 cm³/mol. The molecule has 0 heterocycles. The monoisotopic (exact) mass is 532 g/mol. The fraction of sp³-hybridized carbons (Fsp3) is 0. The quantitative estimate of drug-likeness (QED) is 0.198. The summed E-state index contributed by atoms with van der Waals surface area (Å²) in [5, 5.41) is 7.63. The highest BCUT2D eigenvalue weighted by Crippen LogP contribution is 2.48. The van der Waals surface area contributed by atoms with E-state index < -0.39 is 0 Å². The first kappa shape index (κ1) is 24.3. The van der Waals surface area contributed by atoms with Crippen molar-refractivity contribution in [1.29, 1.82) is 0 Å². The molecule has 196 valence electrons. The number of hydrogen-bond acceptors (Lipinski definition) is 0. The molecule has 0 bridgehead atoms. The minimum Gasteiger partial charge on any atom is -0.0622 e. The average Bonchev–Trinajstić information content (AvgIpc) is 3.07. The highest BCUT2D eigenvalue weighted by molar-refractivity contribution is 6.26. The van der Waals surface area contributed by atoms with Gasteiger partial charge >= 0.3 is 0 Å². The van der Waals surface area contributed by atoms with E-state index in [1.807, 2.05) is 0 Å². The molecule has 0 atom stereocenters. The van der Waals surface area contributed by atoms with Crippen LogP contribution in [0.5, 0.6) is 0 Å². The second kappa shape index (κ2) is 10.2. The van der Waals surface area contributed by atoms with E-state index in [2.05, 4.69) is 170 Å². The predicted octanol–water partition coefficient (Wildman–Crippen LogP) is 11.8. The zero-order chi connectivity index (χ0) is 27.9. The van der Waals surface area contributed by atoms with Crippen LogP contribution in [0.15, 0.2) is 170 Å². The molecule has 0 saturated heterocycles. The SMILES string of the molecule is c1ccc(-c2ccc(-c3c4ccccc4c(-c4cccc5ccccc45)c4cccc(-c5ccccc5)c34)cc2)cc1. The van der Waals surface area contributed by atoms with E-state index in [1.54, 1.807) is 0 Å². The van der Waals surface area contributed by atoms with E-state index in [0.717, 1.165) is 0 Å². The van der Waals surface area contributed by atoms with Gasteiger partial charge in [-0.05, 0) is 76.8 Å². The molecule has 0 fully saturated rings. The molecule has 8 aromatic carbocycles. The van der Waals surface area contributed by atoms with Gasteiger partial charge < -0.3 is 0 Å². The van der Waals surface area contributed by atoms with Crippen molar-refractivity contribution in [2.75, 3.05) is 0 Å². The van der Waals surface area contributed by atoms with Gasteiger partial charge in [0.2, 0.25) is 0 Å². The lowest BCUT2D eigenvalue weighted by Gasteiger charge is -2.21. The van der Waals surface area contributed by atoms with Crippen LogP contribution in [-0.4, -0.2) is 0 Å². The topological polar surface area (TPSA) is 0 Å². The van der Waals surface area contributed by atoms with Crippen molar-refractivity contribution in [3.63, 3.8) is 0 Å². The summed E-state index contributed by atoms with van der Waals surface area (Å²) in [6.45, 7) is 0. The Morgan fingerprint density at radius 2 is 0.714 bits per heavy atom. The summed E-state index contributed by atoms with van der Waals surface area (Å²) in [6, 6.07) is 61.7. The van der Waals surface area contributed by atoms with Crippen LogP contribution in [0.2, 0.25) is 0 Å². The molecule has 0 spiro atoms. The summed E-state index contributed by atoms with van der Waals surface area (Å²) in [5.74, 6) is 0. The van der Waals surface area contributed by atoms with Gasteiger partial charge in [-0.1, -0.05) is 170 Å². The van der Waals surface area contributed by atoms with Gasteiger partial charge in [0.1, 0.15) is 0 Å². The lowest BCUT2D eigenvalue weighted by molar-refractivity contribution is 1.61. The van der Waals surface area contributed by atoms with Gasteiger partial charge in [-0.25, -0.2) is 0 Å². The zero-order valence-corrected chi connectivity index (χ0v) is 23.2. The summed E-state index contributed by atoms with van der Waals surface area (Å²) < 4.78 is 0. The van der Waals surface area contributed by atoms with Crippen molar-refractivity contribution in [3.05, 3.63) is 170 Å². The molecule has 0 aliphatic heterocycles. The third-order valence-electron chi connectivity index (χ3n) is 8.47. The minimum absolute atomic E-state index is 1.23. The van der Waals surface area contributed by atoms with E-state index in [-0.39, 0.29) is 0 Å². The molecule has 0 aromatic heterocycles. The van der Waals surface area contributed by atoms with Gasteiger partial charge in [-0.3, -0.25) is 0 Å². The highest BCUT2D eigenvalue weighted by atomic mass is 14.2. The van der Waals surface area contributed by atoms with Crippen LogP contribution in [-0.2, 0) is 0 Å². The van der Waals surface area contributed by atoms with Gasteiger partial charge in [-0.15, -0.1) is 0 Å². The van der Waals surface area contributed by atoms with Gasteiger partial charge in [0.15, 0.2) is 0 Å². The molecule has 0 aliphatic rings. The Bertz CT molecular complexity index is 2200. The number of fused-ring (bicyclic) bond motifs is 3. The Morgan fingerprint density at radius 3 is 1.45 bits per heavy atom. The van der Waals surface area contributed by atoms with Crippen LogP contribution >= 0.6 is 0 Å². The first-order valence-electron chi connectivity index (χ1n) is 14.5. The molecule has 0 amide bonds. The molecule has 0 nitrogen and oxygen atoms in total. The third-order valence-corrected chi connectivity index (χ3v) is 8.47. The van der Waals surface area contributed by atoms with E-state index in [1.165, 1.54) is 76.8 Å². The maximum atomic E-state index is 2.31. The lowest BCUT2D eigenvalue weighted by atomic mass is 9.82. The molecule has 0 heteroatoms. The maximum absolute atomic E-state index is 2.31. The van der Waals surface area contributed by atoms with Crippen LogP contribution in [0, 0.1) is 0 Å². The molecular formula is C42H28. The van der Waals surface area contributed by atoms with Crippen molar-refractivity contribution in [2.24, 2.45) is 0 Å². The Morgan fingerprint density at radius 1 is 0.238 bits per heavy atom. The summed E-state index contributed by atoms with van der Waals surface area (Å²) in [6.07, 6.45) is 0. The second-order valence-corrected chi connectivity index (χ2v) is 10.9. The van der Waals surface area contributed by atoms with Crippen LogP contribution in [0.25, 0.3) is 76.8 Å². The molecule has 8 rings (SSSR count). The third kappa shape index (κ3) is 4.00. The number of hydrogen-bond donors (Lipinski definition) is 0. The Labute approximate surface area is 246 Å². The van der Waals surface area contributed by atoms with Crippen molar-refractivity contribution >= 4 is 32.3 Å². The minimum atomic E-state index is 1.23. The average molecular weight is 533 g/mol. The van der Waals surface area contributed by atoms with E-state index in [9.17, 15) is 0 Å². The lowest BCUT2D eigenvalue weighted by Crippen LogP contribution is -1.94. The van der Waals surface area contributed by atoms with E-state index >= 15 is 0 Å². The number of benzene rings is 8. The molecule has 0 N–H and O–H groups in total. The van der Waals surface area contributed by atoms with E-state index in [0.29, 0.717) is 0 Å². The normalized spacial score (nSPS) is 11.3. The Balaban J connectivity index is 1.51. The van der Waals surface area contributed by atoms with Crippen LogP contribution < -0.4 is 0 Å². The zero-order valence-electron chi connectivity index (χ0n) is 23.2. The standard InChI is InChI=1S/C42H28/c1-3-13-29(14-4-1)30-25-27-33(28-26-30)40-37-20-9-10-21-38(37)41(36-23-11-18-31-17-7-8-19-34(31)36)39-24-12-22-35(42(39)40)32-15-5-2-6-16-32/h1-28H. The first-order valence-corrected chi connectivity index (χ1v) is 14.5. The molecule has 0 radical (unpaired) electrons. The van der Waals surface area contributed by atoms with Crippen LogP contribution in [0.3, 0.4) is 0 Å². The Kier molecular flexibility index (Phi) is 5.90. The fourth-order valence-electron chi connectivity index (χ4n) is 6.58. The van der Waals surface area contributed by atoms with Crippen molar-refractivity contribution in [2.45, 2.75) is 0 Å². The Hall–Kier alpha value is -5.46. The highest BCUT2D eigenvalue weighted by Gasteiger charge is 2.20. The van der Waals surface area contributed by atoms with Crippen LogP contribution in [0.4, 0.5) is 0 Å². The summed E-state index contributed by atoms with van der Waals surface area (Å²) in [5.41, 5.74) is 10.0. The maximum Gasteiger partial charge on any atom is -0.00141 e. The molecule has 8 aromatic rings. The smallest absolute Gasteiger partial charge is 0.00141 e. The largest absolute Gasteiger partial charge is 0.0622 e. The van der Waals surface area contributed by atoms with Gasteiger partial charge in [0.25, 0.3) is 0 Å². The van der Waals surface area contributed by atoms with Gasteiger partial charge in [-0.2, -0.15) is 0 Å².